The fraction of sp³-hybridized carbons (Fsp3) is 0.787. The number of allylic oxidation sites excluding steroid dienone is 10. The molecular formula is C61H108O6. The van der Waals surface area contributed by atoms with E-state index in [1.54, 1.807) is 0 Å². The van der Waals surface area contributed by atoms with Crippen LogP contribution in [0.1, 0.15) is 290 Å². The summed E-state index contributed by atoms with van der Waals surface area (Å²) in [5.74, 6) is -0.899. The first kappa shape index (κ1) is 64.1. The summed E-state index contributed by atoms with van der Waals surface area (Å²) in [6.45, 7) is 6.53. The number of esters is 3. The van der Waals surface area contributed by atoms with Crippen LogP contribution in [0, 0.1) is 0 Å². The zero-order chi connectivity index (χ0) is 48.6. The maximum Gasteiger partial charge on any atom is 0.306 e. The van der Waals surface area contributed by atoms with Crippen molar-refractivity contribution in [1.82, 2.24) is 0 Å². The fourth-order valence-corrected chi connectivity index (χ4v) is 8.24. The van der Waals surface area contributed by atoms with E-state index < -0.39 is 6.10 Å². The van der Waals surface area contributed by atoms with Gasteiger partial charge in [-0.15, -0.1) is 0 Å². The summed E-state index contributed by atoms with van der Waals surface area (Å²) in [6, 6.07) is 0. The lowest BCUT2D eigenvalue weighted by atomic mass is 10.0. The third kappa shape index (κ3) is 53.9. The second-order valence-electron chi connectivity index (χ2n) is 19.2. The van der Waals surface area contributed by atoms with Crippen molar-refractivity contribution < 1.29 is 28.6 Å². The molecule has 0 saturated carbocycles. The van der Waals surface area contributed by atoms with Crippen molar-refractivity contribution in [3.05, 3.63) is 60.8 Å². The number of carbonyl (C=O) groups excluding carboxylic acids is 3. The van der Waals surface area contributed by atoms with E-state index in [1.807, 2.05) is 0 Å². The first-order valence-corrected chi connectivity index (χ1v) is 28.8. The molecule has 0 aromatic carbocycles. The quantitative estimate of drug-likeness (QED) is 0.0262. The minimum atomic E-state index is -0.784. The Morgan fingerprint density at radius 1 is 0.313 bits per heavy atom. The molecule has 0 aliphatic heterocycles. The molecule has 1 atom stereocenters. The van der Waals surface area contributed by atoms with Crippen molar-refractivity contribution in [1.29, 1.82) is 0 Å². The molecule has 0 aromatic heterocycles. The summed E-state index contributed by atoms with van der Waals surface area (Å²) >= 11 is 0. The van der Waals surface area contributed by atoms with Gasteiger partial charge in [0.25, 0.3) is 0 Å². The monoisotopic (exact) mass is 937 g/mol. The highest BCUT2D eigenvalue weighted by molar-refractivity contribution is 5.71. The SMILES string of the molecule is CC/C=C\C/C=C\C/C=C\C/C=C\C/C=C\CCCCCC(=O)OC[C@H](COC(=O)CCCCCCCCCCCCCCCCC)OC(=O)CCCCCCCCCCCCCCCCC. The molecule has 0 bridgehead atoms. The van der Waals surface area contributed by atoms with Gasteiger partial charge in [-0.2, -0.15) is 0 Å². The predicted molar refractivity (Wildman–Crippen MR) is 288 cm³/mol. The number of rotatable bonds is 52. The first-order chi connectivity index (χ1) is 33.0. The third-order valence-corrected chi connectivity index (χ3v) is 12.5. The van der Waals surface area contributed by atoms with E-state index >= 15 is 0 Å². The molecule has 0 radical (unpaired) electrons. The normalized spacial score (nSPS) is 12.5. The Kier molecular flexibility index (Phi) is 53.3. The maximum atomic E-state index is 12.8. The maximum absolute atomic E-state index is 12.8. The van der Waals surface area contributed by atoms with Crippen molar-refractivity contribution in [2.75, 3.05) is 13.2 Å². The molecule has 0 fully saturated rings. The summed E-state index contributed by atoms with van der Waals surface area (Å²) < 4.78 is 16.9. The molecule has 6 nitrogen and oxygen atoms in total. The number of hydrogen-bond donors (Lipinski definition) is 0. The van der Waals surface area contributed by atoms with E-state index in [9.17, 15) is 14.4 Å². The van der Waals surface area contributed by atoms with Crippen LogP contribution in [0.4, 0.5) is 0 Å². The lowest BCUT2D eigenvalue weighted by Gasteiger charge is -2.18. The molecule has 0 amide bonds. The summed E-state index contributed by atoms with van der Waals surface area (Å²) in [5, 5.41) is 0. The number of ether oxygens (including phenoxy) is 3. The Morgan fingerprint density at radius 3 is 0.910 bits per heavy atom. The minimum absolute atomic E-state index is 0.0807. The largest absolute Gasteiger partial charge is 0.462 e. The van der Waals surface area contributed by atoms with Crippen molar-refractivity contribution in [2.45, 2.75) is 297 Å². The molecule has 0 N–H and O–H groups in total. The number of unbranched alkanes of at least 4 members (excludes halogenated alkanes) is 31. The van der Waals surface area contributed by atoms with Crippen molar-refractivity contribution in [3.63, 3.8) is 0 Å². The molecule has 0 unspecified atom stereocenters. The zero-order valence-corrected chi connectivity index (χ0v) is 44.4. The topological polar surface area (TPSA) is 78.9 Å². The van der Waals surface area contributed by atoms with Crippen LogP contribution < -0.4 is 0 Å². The van der Waals surface area contributed by atoms with Crippen LogP contribution >= 0.6 is 0 Å². The minimum Gasteiger partial charge on any atom is -0.462 e. The van der Waals surface area contributed by atoms with Gasteiger partial charge in [-0.05, 0) is 64.2 Å². The van der Waals surface area contributed by atoms with Gasteiger partial charge in [0.1, 0.15) is 13.2 Å². The Morgan fingerprint density at radius 2 is 0.582 bits per heavy atom. The lowest BCUT2D eigenvalue weighted by Crippen LogP contribution is -2.30. The highest BCUT2D eigenvalue weighted by atomic mass is 16.6. The van der Waals surface area contributed by atoms with E-state index in [0.29, 0.717) is 19.3 Å². The molecule has 388 valence electrons. The van der Waals surface area contributed by atoms with Gasteiger partial charge >= 0.3 is 17.9 Å². The molecular weight excluding hydrogens is 829 g/mol. The number of carbonyl (C=O) groups is 3. The van der Waals surface area contributed by atoms with Crippen LogP contribution in [-0.2, 0) is 28.6 Å². The summed E-state index contributed by atoms with van der Waals surface area (Å²) in [7, 11) is 0. The molecule has 0 rings (SSSR count). The van der Waals surface area contributed by atoms with Gasteiger partial charge in [0, 0.05) is 19.3 Å². The Balaban J connectivity index is 4.41. The fourth-order valence-electron chi connectivity index (χ4n) is 8.24. The third-order valence-electron chi connectivity index (χ3n) is 12.5. The summed E-state index contributed by atoms with van der Waals surface area (Å²) in [6.07, 6.45) is 69.2. The molecule has 0 heterocycles. The predicted octanol–water partition coefficient (Wildman–Crippen LogP) is 19.2. The van der Waals surface area contributed by atoms with Crippen molar-refractivity contribution in [2.24, 2.45) is 0 Å². The van der Waals surface area contributed by atoms with Crippen LogP contribution in [0.5, 0.6) is 0 Å². The first-order valence-electron chi connectivity index (χ1n) is 28.8. The van der Waals surface area contributed by atoms with Gasteiger partial charge in [-0.25, -0.2) is 0 Å². The molecule has 0 saturated heterocycles. The van der Waals surface area contributed by atoms with Crippen molar-refractivity contribution >= 4 is 17.9 Å². The zero-order valence-electron chi connectivity index (χ0n) is 44.4. The highest BCUT2D eigenvalue weighted by Crippen LogP contribution is 2.16. The van der Waals surface area contributed by atoms with Crippen LogP contribution in [0.15, 0.2) is 60.8 Å². The Hall–Kier alpha value is -2.89. The molecule has 0 spiro atoms. The van der Waals surface area contributed by atoms with E-state index in [4.69, 9.17) is 14.2 Å². The smallest absolute Gasteiger partial charge is 0.306 e. The van der Waals surface area contributed by atoms with Gasteiger partial charge in [0.05, 0.1) is 0 Å². The van der Waals surface area contributed by atoms with E-state index in [0.717, 1.165) is 96.3 Å². The van der Waals surface area contributed by atoms with E-state index in [1.165, 1.54) is 154 Å². The summed E-state index contributed by atoms with van der Waals surface area (Å²) in [5.41, 5.74) is 0. The van der Waals surface area contributed by atoms with Gasteiger partial charge < -0.3 is 14.2 Å². The van der Waals surface area contributed by atoms with E-state index in [-0.39, 0.29) is 31.1 Å². The second kappa shape index (κ2) is 55.7. The standard InChI is InChI=1S/C61H108O6/c1-4-7-10-13-16-19-22-25-28-29-30-31-34-36-39-42-45-48-51-54-60(63)66-57-58(67-61(64)55-52-49-46-43-40-37-33-27-24-21-18-15-12-9-6-3)56-65-59(62)53-50-47-44-41-38-35-32-26-23-20-17-14-11-8-5-2/h7,10,16,19,25,28,30-31,36,39,58H,4-6,8-9,11-15,17-18,20-24,26-27,29,32-35,37-38,40-57H2,1-3H3/b10-7-,19-16-,28-25-,31-30-,39-36-/t58-/m0/s1. The lowest BCUT2D eigenvalue weighted by molar-refractivity contribution is -0.167. The van der Waals surface area contributed by atoms with E-state index in [2.05, 4.69) is 81.5 Å². The average Bonchev–Trinajstić information content (AvgIpc) is 3.33. The summed E-state index contributed by atoms with van der Waals surface area (Å²) in [4.78, 5) is 38.1. The van der Waals surface area contributed by atoms with Crippen LogP contribution in [-0.4, -0.2) is 37.2 Å². The van der Waals surface area contributed by atoms with Gasteiger partial charge in [0.15, 0.2) is 6.10 Å². The molecule has 6 heteroatoms. The number of hydrogen-bond acceptors (Lipinski definition) is 6. The van der Waals surface area contributed by atoms with Gasteiger partial charge in [-0.3, -0.25) is 14.4 Å². The molecule has 67 heavy (non-hydrogen) atoms. The van der Waals surface area contributed by atoms with Crippen LogP contribution in [0.2, 0.25) is 0 Å². The van der Waals surface area contributed by atoms with Gasteiger partial charge in [-0.1, -0.05) is 268 Å². The Labute approximate surface area is 415 Å². The van der Waals surface area contributed by atoms with Crippen molar-refractivity contribution in [3.8, 4) is 0 Å². The van der Waals surface area contributed by atoms with Gasteiger partial charge in [0.2, 0.25) is 0 Å². The molecule has 0 aliphatic rings. The average molecular weight is 938 g/mol. The highest BCUT2D eigenvalue weighted by Gasteiger charge is 2.19. The molecule has 0 aromatic rings. The molecule has 0 aliphatic carbocycles. The van der Waals surface area contributed by atoms with Crippen LogP contribution in [0.3, 0.4) is 0 Å². The Bertz CT molecular complexity index is 1210. The second-order valence-corrected chi connectivity index (χ2v) is 19.2. The van der Waals surface area contributed by atoms with Crippen LogP contribution in [0.25, 0.3) is 0 Å².